The first-order valence-corrected chi connectivity index (χ1v) is 7.11. The van der Waals surface area contributed by atoms with E-state index < -0.39 is 5.60 Å². The van der Waals surface area contributed by atoms with Crippen LogP contribution in [0.2, 0.25) is 0 Å². The van der Waals surface area contributed by atoms with Crippen LogP contribution in [0.1, 0.15) is 78.1 Å². The maximum absolute atomic E-state index is 10.3. The molecule has 0 heterocycles. The van der Waals surface area contributed by atoms with E-state index in [9.17, 15) is 5.11 Å². The van der Waals surface area contributed by atoms with Gasteiger partial charge < -0.3 is 10.8 Å². The van der Waals surface area contributed by atoms with Gasteiger partial charge in [-0.3, -0.25) is 0 Å². The molecule has 0 radical (unpaired) electrons. The first kappa shape index (κ1) is 15.9. The Morgan fingerprint density at radius 3 is 1.56 bits per heavy atom. The summed E-state index contributed by atoms with van der Waals surface area (Å²) < 4.78 is 0. The molecule has 0 atom stereocenters. The topological polar surface area (TPSA) is 46.2 Å². The van der Waals surface area contributed by atoms with Gasteiger partial charge in [0.05, 0.1) is 5.60 Å². The first-order valence-electron chi connectivity index (χ1n) is 7.11. The van der Waals surface area contributed by atoms with E-state index >= 15 is 0 Å². The van der Waals surface area contributed by atoms with E-state index in [2.05, 4.69) is 13.8 Å². The molecular weight excluding hydrogens is 198 g/mol. The zero-order valence-electron chi connectivity index (χ0n) is 11.3. The van der Waals surface area contributed by atoms with Crippen LogP contribution in [0.5, 0.6) is 0 Å². The molecule has 0 unspecified atom stereocenters. The fourth-order valence-corrected chi connectivity index (χ4v) is 2.09. The van der Waals surface area contributed by atoms with Crippen molar-refractivity contribution in [2.45, 2.75) is 83.7 Å². The standard InChI is InChI=1S/C14H31NO/c1-3-5-7-9-11-14(16,13-15)12-10-8-6-4-2/h16H,3-13,15H2,1-2H3. The van der Waals surface area contributed by atoms with Gasteiger partial charge in [-0.15, -0.1) is 0 Å². The quantitative estimate of drug-likeness (QED) is 0.532. The maximum Gasteiger partial charge on any atom is 0.0769 e. The third kappa shape index (κ3) is 8.12. The lowest BCUT2D eigenvalue weighted by molar-refractivity contribution is 0.0265. The Kier molecular flexibility index (Phi) is 10.0. The molecule has 16 heavy (non-hydrogen) atoms. The number of hydrogen-bond donors (Lipinski definition) is 2. The molecule has 2 heteroatoms. The molecule has 0 fully saturated rings. The maximum atomic E-state index is 10.3. The minimum Gasteiger partial charge on any atom is -0.389 e. The van der Waals surface area contributed by atoms with Crippen LogP contribution < -0.4 is 5.73 Å². The largest absolute Gasteiger partial charge is 0.389 e. The Bertz CT molecular complexity index is 136. The van der Waals surface area contributed by atoms with Gasteiger partial charge in [0.2, 0.25) is 0 Å². The van der Waals surface area contributed by atoms with Crippen molar-refractivity contribution in [3.05, 3.63) is 0 Å². The van der Waals surface area contributed by atoms with Crippen molar-refractivity contribution in [1.82, 2.24) is 0 Å². The molecule has 0 aliphatic heterocycles. The SMILES string of the molecule is CCCCCCC(O)(CN)CCCCCC. The van der Waals surface area contributed by atoms with Crippen molar-refractivity contribution in [3.63, 3.8) is 0 Å². The summed E-state index contributed by atoms with van der Waals surface area (Å²) in [5, 5.41) is 10.3. The van der Waals surface area contributed by atoms with Gasteiger partial charge in [0.15, 0.2) is 0 Å². The summed E-state index contributed by atoms with van der Waals surface area (Å²) in [6.45, 7) is 4.84. The predicted molar refractivity (Wildman–Crippen MR) is 71.5 cm³/mol. The lowest BCUT2D eigenvalue weighted by Crippen LogP contribution is -2.37. The monoisotopic (exact) mass is 229 g/mol. The Morgan fingerprint density at radius 1 is 0.812 bits per heavy atom. The highest BCUT2D eigenvalue weighted by Gasteiger charge is 2.23. The Hall–Kier alpha value is -0.0800. The summed E-state index contributed by atoms with van der Waals surface area (Å²) in [6, 6.07) is 0. The van der Waals surface area contributed by atoms with Crippen molar-refractivity contribution in [1.29, 1.82) is 0 Å². The molecule has 0 saturated heterocycles. The molecule has 0 aromatic heterocycles. The lowest BCUT2D eigenvalue weighted by atomic mass is 9.90. The van der Waals surface area contributed by atoms with Crippen LogP contribution in [0.25, 0.3) is 0 Å². The lowest BCUT2D eigenvalue weighted by Gasteiger charge is -2.26. The van der Waals surface area contributed by atoms with Crippen molar-refractivity contribution in [3.8, 4) is 0 Å². The van der Waals surface area contributed by atoms with Crippen LogP contribution in [-0.2, 0) is 0 Å². The molecule has 98 valence electrons. The summed E-state index contributed by atoms with van der Waals surface area (Å²) >= 11 is 0. The first-order chi connectivity index (χ1) is 7.68. The van der Waals surface area contributed by atoms with E-state index in [1.165, 1.54) is 38.5 Å². The van der Waals surface area contributed by atoms with E-state index in [1.807, 2.05) is 0 Å². The number of unbranched alkanes of at least 4 members (excludes halogenated alkanes) is 6. The normalized spacial score (nSPS) is 12.0. The number of nitrogens with two attached hydrogens (primary N) is 1. The molecule has 0 aliphatic carbocycles. The van der Waals surface area contributed by atoms with Gasteiger partial charge in [0, 0.05) is 6.54 Å². The van der Waals surface area contributed by atoms with Crippen LogP contribution >= 0.6 is 0 Å². The smallest absolute Gasteiger partial charge is 0.0769 e. The van der Waals surface area contributed by atoms with Gasteiger partial charge in [0.1, 0.15) is 0 Å². The third-order valence-corrected chi connectivity index (χ3v) is 3.37. The molecule has 0 amide bonds. The van der Waals surface area contributed by atoms with Crippen molar-refractivity contribution < 1.29 is 5.11 Å². The highest BCUT2D eigenvalue weighted by molar-refractivity contribution is 4.79. The summed E-state index contributed by atoms with van der Waals surface area (Å²) in [4.78, 5) is 0. The summed E-state index contributed by atoms with van der Waals surface area (Å²) in [6.07, 6.45) is 11.5. The minimum absolute atomic E-state index is 0.422. The van der Waals surface area contributed by atoms with E-state index in [-0.39, 0.29) is 0 Å². The van der Waals surface area contributed by atoms with E-state index in [1.54, 1.807) is 0 Å². The number of hydrogen-bond acceptors (Lipinski definition) is 2. The average molecular weight is 229 g/mol. The van der Waals surface area contributed by atoms with Crippen molar-refractivity contribution in [2.24, 2.45) is 5.73 Å². The molecule has 3 N–H and O–H groups in total. The second-order valence-electron chi connectivity index (χ2n) is 5.05. The molecule has 0 aromatic rings. The molecule has 0 aliphatic rings. The Morgan fingerprint density at radius 2 is 1.25 bits per heavy atom. The molecule has 2 nitrogen and oxygen atoms in total. The van der Waals surface area contributed by atoms with Gasteiger partial charge in [-0.1, -0.05) is 65.2 Å². The summed E-state index contributed by atoms with van der Waals surface area (Å²) in [5.74, 6) is 0. The van der Waals surface area contributed by atoms with Gasteiger partial charge in [-0.25, -0.2) is 0 Å². The molecule has 0 saturated carbocycles. The van der Waals surface area contributed by atoms with Crippen LogP contribution in [-0.4, -0.2) is 17.3 Å². The van der Waals surface area contributed by atoms with Gasteiger partial charge >= 0.3 is 0 Å². The predicted octanol–water partition coefficient (Wildman–Crippen LogP) is 3.62. The zero-order chi connectivity index (χ0) is 12.3. The fourth-order valence-electron chi connectivity index (χ4n) is 2.09. The summed E-state index contributed by atoms with van der Waals surface area (Å²) in [5.41, 5.74) is 5.10. The van der Waals surface area contributed by atoms with Crippen LogP contribution in [0.4, 0.5) is 0 Å². The fraction of sp³-hybridized carbons (Fsp3) is 1.00. The average Bonchev–Trinajstić information content (AvgIpc) is 2.31. The van der Waals surface area contributed by atoms with Crippen molar-refractivity contribution >= 4 is 0 Å². The van der Waals surface area contributed by atoms with Crippen molar-refractivity contribution in [2.75, 3.05) is 6.54 Å². The highest BCUT2D eigenvalue weighted by atomic mass is 16.3. The third-order valence-electron chi connectivity index (χ3n) is 3.37. The second kappa shape index (κ2) is 10.1. The van der Waals surface area contributed by atoms with E-state index in [0.717, 1.165) is 25.7 Å². The van der Waals surface area contributed by atoms with Crippen LogP contribution in [0.15, 0.2) is 0 Å². The number of aliphatic hydroxyl groups is 1. The second-order valence-corrected chi connectivity index (χ2v) is 5.05. The molecule has 0 rings (SSSR count). The zero-order valence-corrected chi connectivity index (χ0v) is 11.3. The minimum atomic E-state index is -0.582. The van der Waals surface area contributed by atoms with Crippen LogP contribution in [0, 0.1) is 0 Å². The molecule has 0 spiro atoms. The van der Waals surface area contributed by atoms with Gasteiger partial charge in [-0.05, 0) is 12.8 Å². The van der Waals surface area contributed by atoms with E-state index in [0.29, 0.717) is 6.54 Å². The molecular formula is C14H31NO. The highest BCUT2D eigenvalue weighted by Crippen LogP contribution is 2.21. The molecule has 0 bridgehead atoms. The Balaban J connectivity index is 3.64. The van der Waals surface area contributed by atoms with E-state index in [4.69, 9.17) is 5.73 Å². The van der Waals surface area contributed by atoms with Gasteiger partial charge in [-0.2, -0.15) is 0 Å². The van der Waals surface area contributed by atoms with Gasteiger partial charge in [0.25, 0.3) is 0 Å². The van der Waals surface area contributed by atoms with Crippen LogP contribution in [0.3, 0.4) is 0 Å². The molecule has 0 aromatic carbocycles. The summed E-state index contributed by atoms with van der Waals surface area (Å²) in [7, 11) is 0. The number of rotatable bonds is 11. The Labute approximate surface area is 102 Å².